The number of nitrogens with zero attached hydrogens (tertiary/aromatic N) is 1. The number of ether oxygens (including phenoxy) is 1. The highest BCUT2D eigenvalue weighted by molar-refractivity contribution is 5.87. The Hall–Kier alpha value is -1.36. The van der Waals surface area contributed by atoms with E-state index in [0.717, 1.165) is 0 Å². The third kappa shape index (κ3) is 5.85. The predicted molar refractivity (Wildman–Crippen MR) is 57.6 cm³/mol. The molecule has 15 heavy (non-hydrogen) atoms. The summed E-state index contributed by atoms with van der Waals surface area (Å²) < 4.78 is 4.73. The van der Waals surface area contributed by atoms with Gasteiger partial charge < -0.3 is 9.84 Å². The molecular weight excluding hydrogens is 198 g/mol. The highest BCUT2D eigenvalue weighted by atomic mass is 16.5. The molecular formula is C10H19NO4. The molecule has 88 valence electrons. The third-order valence-corrected chi connectivity index (χ3v) is 1.63. The average molecular weight is 217 g/mol. The van der Waals surface area contributed by atoms with E-state index in [2.05, 4.69) is 6.58 Å². The molecule has 0 aromatic heterocycles. The summed E-state index contributed by atoms with van der Waals surface area (Å²) in [5.41, 5.74) is 0.257. The first kappa shape index (κ1) is 16.1. The molecule has 0 aromatic rings. The molecule has 0 saturated heterocycles. The smallest absolute Gasteiger partial charge is 0.333 e. The number of likely N-dealkylation sites (N-methyl/N-ethyl adjacent to an activating group) is 1. The first-order chi connectivity index (χ1) is 6.36. The van der Waals surface area contributed by atoms with Crippen LogP contribution in [0.4, 0.5) is 0 Å². The van der Waals surface area contributed by atoms with Crippen molar-refractivity contribution in [1.29, 1.82) is 0 Å². The second kappa shape index (κ2) is 7.00. The lowest BCUT2D eigenvalue weighted by atomic mass is 10.3. The molecule has 0 aromatic carbocycles. The SMILES string of the molecule is C.C=C(C)C(=O)OCC(C(=O)O)N(C)C. The van der Waals surface area contributed by atoms with E-state index in [1.54, 1.807) is 14.1 Å². The Kier molecular flexibility index (Phi) is 7.51. The van der Waals surface area contributed by atoms with E-state index < -0.39 is 18.0 Å². The Morgan fingerprint density at radius 2 is 1.93 bits per heavy atom. The fourth-order valence-corrected chi connectivity index (χ4v) is 0.719. The first-order valence-corrected chi connectivity index (χ1v) is 4.08. The molecule has 0 fully saturated rings. The lowest BCUT2D eigenvalue weighted by Crippen LogP contribution is -2.40. The summed E-state index contributed by atoms with van der Waals surface area (Å²) in [7, 11) is 3.21. The molecule has 0 radical (unpaired) electrons. The lowest BCUT2D eigenvalue weighted by Gasteiger charge is -2.19. The van der Waals surface area contributed by atoms with Crippen molar-refractivity contribution < 1.29 is 19.4 Å². The van der Waals surface area contributed by atoms with Crippen molar-refractivity contribution in [2.75, 3.05) is 20.7 Å². The number of hydrogen-bond donors (Lipinski definition) is 1. The monoisotopic (exact) mass is 217 g/mol. The summed E-state index contributed by atoms with van der Waals surface area (Å²) in [4.78, 5) is 23.1. The molecule has 0 rings (SSSR count). The minimum absolute atomic E-state index is 0. The molecule has 0 saturated carbocycles. The van der Waals surface area contributed by atoms with Crippen LogP contribution < -0.4 is 0 Å². The van der Waals surface area contributed by atoms with Crippen LogP contribution in [0.5, 0.6) is 0 Å². The Balaban J connectivity index is 0. The lowest BCUT2D eigenvalue weighted by molar-refractivity contribution is -0.149. The molecule has 0 aliphatic rings. The Morgan fingerprint density at radius 3 is 2.20 bits per heavy atom. The zero-order valence-corrected chi connectivity index (χ0v) is 8.61. The maximum Gasteiger partial charge on any atom is 0.333 e. The molecule has 0 amide bonds. The van der Waals surface area contributed by atoms with Gasteiger partial charge in [-0.05, 0) is 21.0 Å². The fourth-order valence-electron chi connectivity index (χ4n) is 0.719. The average Bonchev–Trinajstić information content (AvgIpc) is 2.02. The molecule has 1 atom stereocenters. The van der Waals surface area contributed by atoms with Crippen molar-refractivity contribution in [3.63, 3.8) is 0 Å². The van der Waals surface area contributed by atoms with E-state index in [-0.39, 0.29) is 19.6 Å². The number of carbonyl (C=O) groups is 2. The minimum Gasteiger partial charge on any atom is -0.480 e. The maximum atomic E-state index is 11.0. The number of hydrogen-bond acceptors (Lipinski definition) is 4. The summed E-state index contributed by atoms with van der Waals surface area (Å²) in [6, 6.07) is -0.821. The van der Waals surface area contributed by atoms with Crippen molar-refractivity contribution in [3.05, 3.63) is 12.2 Å². The molecule has 0 spiro atoms. The number of esters is 1. The van der Waals surface area contributed by atoms with E-state index >= 15 is 0 Å². The fraction of sp³-hybridized carbons (Fsp3) is 0.600. The summed E-state index contributed by atoms with van der Waals surface area (Å²) in [5.74, 6) is -1.59. The van der Waals surface area contributed by atoms with Crippen molar-refractivity contribution in [2.24, 2.45) is 0 Å². The van der Waals surface area contributed by atoms with Crippen LogP contribution in [0.2, 0.25) is 0 Å². The van der Waals surface area contributed by atoms with E-state index in [9.17, 15) is 9.59 Å². The summed E-state index contributed by atoms with van der Waals surface area (Å²) in [6.07, 6.45) is 0. The Morgan fingerprint density at radius 1 is 1.47 bits per heavy atom. The first-order valence-electron chi connectivity index (χ1n) is 4.08. The quantitative estimate of drug-likeness (QED) is 0.544. The van der Waals surface area contributed by atoms with Crippen molar-refractivity contribution in [1.82, 2.24) is 4.90 Å². The molecule has 1 N–H and O–H groups in total. The van der Waals surface area contributed by atoms with Gasteiger partial charge in [0.15, 0.2) is 0 Å². The second-order valence-corrected chi connectivity index (χ2v) is 3.20. The minimum atomic E-state index is -1.02. The van der Waals surface area contributed by atoms with Gasteiger partial charge in [-0.2, -0.15) is 0 Å². The summed E-state index contributed by atoms with van der Waals surface area (Å²) in [6.45, 7) is 4.72. The van der Waals surface area contributed by atoms with E-state index in [0.29, 0.717) is 0 Å². The molecule has 0 aliphatic heterocycles. The van der Waals surface area contributed by atoms with Gasteiger partial charge in [0.2, 0.25) is 0 Å². The van der Waals surface area contributed by atoms with Crippen molar-refractivity contribution >= 4 is 11.9 Å². The number of carboxylic acid groups (broad SMARTS) is 1. The molecule has 0 heterocycles. The normalized spacial score (nSPS) is 11.5. The summed E-state index contributed by atoms with van der Waals surface area (Å²) in [5, 5.41) is 8.74. The third-order valence-electron chi connectivity index (χ3n) is 1.63. The number of carbonyl (C=O) groups excluding carboxylic acids is 1. The number of rotatable bonds is 5. The van der Waals surface area contributed by atoms with Crippen LogP contribution in [0.25, 0.3) is 0 Å². The van der Waals surface area contributed by atoms with Gasteiger partial charge in [-0.1, -0.05) is 14.0 Å². The van der Waals surface area contributed by atoms with Gasteiger partial charge in [-0.3, -0.25) is 9.69 Å². The van der Waals surface area contributed by atoms with Crippen molar-refractivity contribution in [2.45, 2.75) is 20.4 Å². The molecule has 0 aliphatic carbocycles. The van der Waals surface area contributed by atoms with E-state index in [4.69, 9.17) is 9.84 Å². The van der Waals surface area contributed by atoms with Gasteiger partial charge in [0, 0.05) is 5.57 Å². The Labute approximate surface area is 90.3 Å². The molecule has 1 unspecified atom stereocenters. The van der Waals surface area contributed by atoms with Gasteiger partial charge in [-0.25, -0.2) is 4.79 Å². The van der Waals surface area contributed by atoms with Gasteiger partial charge in [-0.15, -0.1) is 0 Å². The zero-order valence-electron chi connectivity index (χ0n) is 8.61. The largest absolute Gasteiger partial charge is 0.480 e. The van der Waals surface area contributed by atoms with Gasteiger partial charge >= 0.3 is 11.9 Å². The van der Waals surface area contributed by atoms with Crippen LogP contribution in [0, 0.1) is 0 Å². The van der Waals surface area contributed by atoms with Crippen LogP contribution >= 0.6 is 0 Å². The molecule has 5 heteroatoms. The van der Waals surface area contributed by atoms with Gasteiger partial charge in [0.1, 0.15) is 12.6 Å². The second-order valence-electron chi connectivity index (χ2n) is 3.20. The molecule has 5 nitrogen and oxygen atoms in total. The van der Waals surface area contributed by atoms with E-state index in [1.807, 2.05) is 0 Å². The van der Waals surface area contributed by atoms with Crippen molar-refractivity contribution in [3.8, 4) is 0 Å². The van der Waals surface area contributed by atoms with Crippen LogP contribution in [0.3, 0.4) is 0 Å². The predicted octanol–water partition coefficient (Wildman–Crippen LogP) is 0.757. The topological polar surface area (TPSA) is 66.8 Å². The van der Waals surface area contributed by atoms with Crippen LogP contribution in [0.1, 0.15) is 14.4 Å². The van der Waals surface area contributed by atoms with Gasteiger partial charge in [0.05, 0.1) is 0 Å². The highest BCUT2D eigenvalue weighted by Gasteiger charge is 2.21. The van der Waals surface area contributed by atoms with Gasteiger partial charge in [0.25, 0.3) is 0 Å². The van der Waals surface area contributed by atoms with Crippen LogP contribution in [-0.4, -0.2) is 48.7 Å². The number of carboxylic acids is 1. The standard InChI is InChI=1S/C9H15NO4.CH4/c1-6(2)9(13)14-5-7(8(11)12)10(3)4;/h7H,1,5H2,2-4H3,(H,11,12);1H4. The maximum absolute atomic E-state index is 11.0. The zero-order chi connectivity index (χ0) is 11.3. The van der Waals surface area contributed by atoms with Crippen LogP contribution in [0.15, 0.2) is 12.2 Å². The highest BCUT2D eigenvalue weighted by Crippen LogP contribution is 1.98. The molecule has 0 bridgehead atoms. The number of aliphatic carboxylic acids is 1. The van der Waals surface area contributed by atoms with E-state index in [1.165, 1.54) is 11.8 Å². The summed E-state index contributed by atoms with van der Waals surface area (Å²) >= 11 is 0. The Bertz CT molecular complexity index is 248. The van der Waals surface area contributed by atoms with Crippen LogP contribution in [-0.2, 0) is 14.3 Å².